The van der Waals surface area contributed by atoms with E-state index < -0.39 is 0 Å². The Morgan fingerprint density at radius 2 is 1.83 bits per heavy atom. The Morgan fingerprint density at radius 3 is 2.39 bits per heavy atom. The van der Waals surface area contributed by atoms with Crippen LogP contribution in [0.15, 0.2) is 15.7 Å². The van der Waals surface area contributed by atoms with E-state index in [0.717, 1.165) is 16.7 Å². The number of hydrogen-bond donors (Lipinski definition) is 1. The molecular weight excluding hydrogens is 230 g/mol. The van der Waals surface area contributed by atoms with Crippen molar-refractivity contribution < 1.29 is 0 Å². The predicted octanol–water partition coefficient (Wildman–Crippen LogP) is 0.608. The molecule has 1 rings (SSSR count). The van der Waals surface area contributed by atoms with Crippen molar-refractivity contribution in [2.75, 3.05) is 0 Å². The van der Waals surface area contributed by atoms with Gasteiger partial charge in [-0.15, -0.1) is 0 Å². The van der Waals surface area contributed by atoms with Crippen molar-refractivity contribution in [1.82, 2.24) is 14.5 Å². The van der Waals surface area contributed by atoms with Crippen molar-refractivity contribution in [3.8, 4) is 0 Å². The molecule has 1 heterocycles. The summed E-state index contributed by atoms with van der Waals surface area (Å²) in [5.41, 5.74) is 0.180. The van der Waals surface area contributed by atoms with Crippen LogP contribution in [-0.2, 0) is 20.6 Å². The highest BCUT2D eigenvalue weighted by atomic mass is 16.2. The largest absolute Gasteiger partial charge is 0.330 e. The number of aromatic nitrogens is 2. The summed E-state index contributed by atoms with van der Waals surface area (Å²) in [7, 11) is 3.18. The number of nitrogens with zero attached hydrogens (tertiary/aromatic N) is 2. The molecule has 18 heavy (non-hydrogen) atoms. The van der Waals surface area contributed by atoms with Gasteiger partial charge in [-0.25, -0.2) is 4.79 Å². The van der Waals surface area contributed by atoms with E-state index in [4.69, 9.17) is 0 Å². The van der Waals surface area contributed by atoms with Crippen molar-refractivity contribution in [2.24, 2.45) is 20.0 Å². The lowest BCUT2D eigenvalue weighted by Gasteiger charge is -2.20. The standard InChI is InChI=1S/C13H23N3O2/c1-6-9(2)10(3)14-8-11-7-12(17)16(5)13(18)15(11)4/h7,9-10,14H,6,8H2,1-5H3. The summed E-state index contributed by atoms with van der Waals surface area (Å²) in [4.78, 5) is 23.3. The van der Waals surface area contributed by atoms with E-state index in [1.165, 1.54) is 17.7 Å². The SMILES string of the molecule is CCC(C)C(C)NCc1cc(=O)n(C)c(=O)n1C. The van der Waals surface area contributed by atoms with Crippen LogP contribution in [-0.4, -0.2) is 15.2 Å². The van der Waals surface area contributed by atoms with Gasteiger partial charge in [0.2, 0.25) is 0 Å². The molecule has 0 aliphatic rings. The monoisotopic (exact) mass is 253 g/mol. The normalized spacial score (nSPS) is 14.5. The second-order valence-electron chi connectivity index (χ2n) is 4.93. The third kappa shape index (κ3) is 3.10. The molecular formula is C13H23N3O2. The van der Waals surface area contributed by atoms with Gasteiger partial charge in [-0.2, -0.15) is 0 Å². The lowest BCUT2D eigenvalue weighted by Crippen LogP contribution is -2.40. The first-order valence-corrected chi connectivity index (χ1v) is 6.37. The van der Waals surface area contributed by atoms with E-state index in [9.17, 15) is 9.59 Å². The molecule has 102 valence electrons. The van der Waals surface area contributed by atoms with E-state index >= 15 is 0 Å². The number of nitrogens with one attached hydrogen (secondary N) is 1. The van der Waals surface area contributed by atoms with Crippen LogP contribution in [0.5, 0.6) is 0 Å². The molecule has 0 amide bonds. The van der Waals surface area contributed by atoms with E-state index in [0.29, 0.717) is 18.5 Å². The van der Waals surface area contributed by atoms with Gasteiger partial charge in [0.25, 0.3) is 5.56 Å². The summed E-state index contributed by atoms with van der Waals surface area (Å²) in [6.07, 6.45) is 1.10. The fourth-order valence-corrected chi connectivity index (χ4v) is 1.77. The van der Waals surface area contributed by atoms with Gasteiger partial charge in [-0.1, -0.05) is 20.3 Å². The molecule has 0 aliphatic carbocycles. The number of rotatable bonds is 5. The van der Waals surface area contributed by atoms with E-state index in [1.807, 2.05) is 0 Å². The van der Waals surface area contributed by atoms with Crippen LogP contribution >= 0.6 is 0 Å². The van der Waals surface area contributed by atoms with Crippen LogP contribution < -0.4 is 16.6 Å². The summed E-state index contributed by atoms with van der Waals surface area (Å²) in [6.45, 7) is 6.98. The quantitative estimate of drug-likeness (QED) is 0.836. The highest BCUT2D eigenvalue weighted by molar-refractivity contribution is 5.02. The van der Waals surface area contributed by atoms with Gasteiger partial charge in [0.05, 0.1) is 0 Å². The molecule has 0 fully saturated rings. The first-order chi connectivity index (χ1) is 8.38. The topological polar surface area (TPSA) is 56.0 Å². The molecule has 0 spiro atoms. The van der Waals surface area contributed by atoms with Gasteiger partial charge in [0.15, 0.2) is 0 Å². The molecule has 2 unspecified atom stereocenters. The minimum atomic E-state index is -0.282. The van der Waals surface area contributed by atoms with Crippen LogP contribution in [0.25, 0.3) is 0 Å². The van der Waals surface area contributed by atoms with Gasteiger partial charge in [0.1, 0.15) is 0 Å². The zero-order valence-corrected chi connectivity index (χ0v) is 11.9. The second kappa shape index (κ2) is 6.00. The molecule has 2 atom stereocenters. The van der Waals surface area contributed by atoms with Crippen molar-refractivity contribution in [2.45, 2.75) is 39.8 Å². The Labute approximate surface area is 107 Å². The maximum Gasteiger partial charge on any atom is 0.330 e. The van der Waals surface area contributed by atoms with Gasteiger partial charge in [-0.05, 0) is 12.8 Å². The second-order valence-corrected chi connectivity index (χ2v) is 4.93. The molecule has 0 bridgehead atoms. The average Bonchev–Trinajstić information content (AvgIpc) is 2.37. The third-order valence-electron chi connectivity index (χ3n) is 3.73. The molecule has 1 aromatic rings. The Hall–Kier alpha value is -1.36. The average molecular weight is 253 g/mol. The van der Waals surface area contributed by atoms with Gasteiger partial charge in [-0.3, -0.25) is 13.9 Å². The fraction of sp³-hybridized carbons (Fsp3) is 0.692. The summed E-state index contributed by atoms with van der Waals surface area (Å²) >= 11 is 0. The Bertz CT molecular complexity index is 516. The predicted molar refractivity (Wildman–Crippen MR) is 72.7 cm³/mol. The van der Waals surface area contributed by atoms with E-state index in [1.54, 1.807) is 7.05 Å². The van der Waals surface area contributed by atoms with Crippen LogP contribution in [0.2, 0.25) is 0 Å². The lowest BCUT2D eigenvalue weighted by atomic mass is 10.0. The number of hydrogen-bond acceptors (Lipinski definition) is 3. The first kappa shape index (κ1) is 14.7. The summed E-state index contributed by atoms with van der Waals surface area (Å²) in [5.74, 6) is 0.563. The van der Waals surface area contributed by atoms with Crippen LogP contribution in [0.4, 0.5) is 0 Å². The van der Waals surface area contributed by atoms with Crippen molar-refractivity contribution in [3.05, 3.63) is 32.6 Å². The molecule has 0 aromatic carbocycles. The fourth-order valence-electron chi connectivity index (χ4n) is 1.77. The third-order valence-corrected chi connectivity index (χ3v) is 3.73. The van der Waals surface area contributed by atoms with Gasteiger partial charge < -0.3 is 5.32 Å². The van der Waals surface area contributed by atoms with Gasteiger partial charge >= 0.3 is 5.69 Å². The molecule has 0 radical (unpaired) electrons. The van der Waals surface area contributed by atoms with E-state index in [-0.39, 0.29) is 11.2 Å². The Balaban J connectivity index is 2.87. The van der Waals surface area contributed by atoms with Crippen LogP contribution in [0.1, 0.15) is 32.9 Å². The highest BCUT2D eigenvalue weighted by Crippen LogP contribution is 2.07. The van der Waals surface area contributed by atoms with Gasteiger partial charge in [0, 0.05) is 38.4 Å². The van der Waals surface area contributed by atoms with Crippen molar-refractivity contribution >= 4 is 0 Å². The molecule has 0 aliphatic heterocycles. The molecule has 5 nitrogen and oxygen atoms in total. The maximum atomic E-state index is 11.7. The first-order valence-electron chi connectivity index (χ1n) is 6.37. The van der Waals surface area contributed by atoms with Crippen molar-refractivity contribution in [1.29, 1.82) is 0 Å². The zero-order chi connectivity index (χ0) is 13.9. The van der Waals surface area contributed by atoms with E-state index in [2.05, 4.69) is 26.1 Å². The maximum absolute atomic E-state index is 11.7. The molecule has 5 heteroatoms. The minimum absolute atomic E-state index is 0.258. The molecule has 0 saturated heterocycles. The highest BCUT2D eigenvalue weighted by Gasteiger charge is 2.11. The van der Waals surface area contributed by atoms with Crippen molar-refractivity contribution in [3.63, 3.8) is 0 Å². The molecule has 0 saturated carbocycles. The molecule has 1 aromatic heterocycles. The smallest absolute Gasteiger partial charge is 0.308 e. The van der Waals surface area contributed by atoms with Crippen LogP contribution in [0, 0.1) is 5.92 Å². The Morgan fingerprint density at radius 1 is 1.22 bits per heavy atom. The lowest BCUT2D eigenvalue weighted by molar-refractivity contribution is 0.384. The summed E-state index contributed by atoms with van der Waals surface area (Å²) in [6, 6.07) is 1.87. The Kier molecular flexibility index (Phi) is 4.90. The van der Waals surface area contributed by atoms with Crippen LogP contribution in [0.3, 0.4) is 0 Å². The zero-order valence-electron chi connectivity index (χ0n) is 11.9. The minimum Gasteiger partial charge on any atom is -0.308 e. The summed E-state index contributed by atoms with van der Waals surface area (Å²) in [5, 5.41) is 3.36. The molecule has 1 N–H and O–H groups in total. The summed E-state index contributed by atoms with van der Waals surface area (Å²) < 4.78 is 2.62.